The SMILES string of the molecule is O=C(O)c1cccc(N2CCN(CCc3ccccc3)CC2)c1F. The molecular weight excluding hydrogens is 307 g/mol. The standard InChI is InChI=1S/C19H21FN2O2/c20-18-16(19(23)24)7-4-8-17(18)22-13-11-21(12-14-22)10-9-15-5-2-1-3-6-15/h1-8H,9-14H2,(H,23,24). The molecule has 0 radical (unpaired) electrons. The van der Waals surface area contributed by atoms with Gasteiger partial charge < -0.3 is 10.0 Å². The lowest BCUT2D eigenvalue weighted by atomic mass is 10.1. The molecule has 24 heavy (non-hydrogen) atoms. The normalized spacial score (nSPS) is 15.5. The van der Waals surface area contributed by atoms with Gasteiger partial charge in [-0.1, -0.05) is 36.4 Å². The van der Waals surface area contributed by atoms with Gasteiger partial charge in [-0.25, -0.2) is 9.18 Å². The molecular formula is C19H21FN2O2. The molecule has 0 saturated carbocycles. The molecule has 0 spiro atoms. The zero-order chi connectivity index (χ0) is 16.9. The maximum Gasteiger partial charge on any atom is 0.338 e. The summed E-state index contributed by atoms with van der Waals surface area (Å²) in [6.07, 6.45) is 1.00. The number of carboxylic acid groups (broad SMARTS) is 1. The number of halogens is 1. The molecule has 0 aromatic heterocycles. The van der Waals surface area contributed by atoms with E-state index < -0.39 is 11.8 Å². The lowest BCUT2D eigenvalue weighted by Crippen LogP contribution is -2.47. The predicted octanol–water partition coefficient (Wildman–Crippen LogP) is 2.89. The van der Waals surface area contributed by atoms with Crippen molar-refractivity contribution in [2.75, 3.05) is 37.6 Å². The van der Waals surface area contributed by atoms with E-state index in [1.807, 2.05) is 23.1 Å². The summed E-state index contributed by atoms with van der Waals surface area (Å²) in [4.78, 5) is 15.4. The second-order valence-electron chi connectivity index (χ2n) is 6.01. The Kier molecular flexibility index (Phi) is 5.11. The first kappa shape index (κ1) is 16.5. The minimum absolute atomic E-state index is 0.265. The number of nitrogens with zero attached hydrogens (tertiary/aromatic N) is 2. The highest BCUT2D eigenvalue weighted by Gasteiger charge is 2.22. The Morgan fingerprint density at radius 1 is 1.00 bits per heavy atom. The number of aromatic carboxylic acids is 1. The lowest BCUT2D eigenvalue weighted by molar-refractivity contribution is 0.0692. The van der Waals surface area contributed by atoms with Gasteiger partial charge in [-0.15, -0.1) is 0 Å². The zero-order valence-corrected chi connectivity index (χ0v) is 13.5. The summed E-state index contributed by atoms with van der Waals surface area (Å²) in [7, 11) is 0. The van der Waals surface area contributed by atoms with E-state index in [1.54, 1.807) is 12.1 Å². The van der Waals surface area contributed by atoms with E-state index in [0.717, 1.165) is 26.1 Å². The number of carboxylic acids is 1. The summed E-state index contributed by atoms with van der Waals surface area (Å²) in [5.74, 6) is -1.86. The van der Waals surface area contributed by atoms with Gasteiger partial charge in [-0.05, 0) is 24.1 Å². The summed E-state index contributed by atoms with van der Waals surface area (Å²) >= 11 is 0. The largest absolute Gasteiger partial charge is 0.478 e. The molecule has 0 bridgehead atoms. The molecule has 0 atom stereocenters. The third kappa shape index (κ3) is 3.74. The van der Waals surface area contributed by atoms with Gasteiger partial charge in [0.1, 0.15) is 0 Å². The van der Waals surface area contributed by atoms with Crippen LogP contribution < -0.4 is 4.90 Å². The van der Waals surface area contributed by atoms with Crippen molar-refractivity contribution in [3.8, 4) is 0 Å². The molecule has 126 valence electrons. The van der Waals surface area contributed by atoms with Crippen LogP contribution in [0.25, 0.3) is 0 Å². The summed E-state index contributed by atoms with van der Waals surface area (Å²) in [5.41, 5.74) is 1.44. The van der Waals surface area contributed by atoms with E-state index in [-0.39, 0.29) is 5.56 Å². The van der Waals surface area contributed by atoms with Crippen molar-refractivity contribution in [1.82, 2.24) is 4.90 Å². The zero-order valence-electron chi connectivity index (χ0n) is 13.5. The Morgan fingerprint density at radius 3 is 2.38 bits per heavy atom. The van der Waals surface area contributed by atoms with Crippen LogP contribution in [0.15, 0.2) is 48.5 Å². The van der Waals surface area contributed by atoms with E-state index in [4.69, 9.17) is 5.11 Å². The highest BCUT2D eigenvalue weighted by molar-refractivity contribution is 5.89. The van der Waals surface area contributed by atoms with Crippen molar-refractivity contribution in [3.05, 3.63) is 65.5 Å². The Morgan fingerprint density at radius 2 is 1.71 bits per heavy atom. The number of anilines is 1. The van der Waals surface area contributed by atoms with Crippen LogP contribution in [-0.2, 0) is 6.42 Å². The van der Waals surface area contributed by atoms with E-state index in [9.17, 15) is 9.18 Å². The maximum absolute atomic E-state index is 14.3. The van der Waals surface area contributed by atoms with Crippen molar-refractivity contribution in [1.29, 1.82) is 0 Å². The van der Waals surface area contributed by atoms with Crippen LogP contribution in [0.1, 0.15) is 15.9 Å². The molecule has 0 amide bonds. The number of benzene rings is 2. The second-order valence-corrected chi connectivity index (χ2v) is 6.01. The molecule has 1 N–H and O–H groups in total. The number of piperazine rings is 1. The van der Waals surface area contributed by atoms with Crippen LogP contribution in [0.4, 0.5) is 10.1 Å². The molecule has 0 unspecified atom stereocenters. The average Bonchev–Trinajstić information content (AvgIpc) is 2.61. The highest BCUT2D eigenvalue weighted by Crippen LogP contribution is 2.23. The van der Waals surface area contributed by atoms with Crippen LogP contribution >= 0.6 is 0 Å². The molecule has 1 aliphatic heterocycles. The summed E-state index contributed by atoms with van der Waals surface area (Å²) in [6, 6.07) is 14.9. The monoisotopic (exact) mass is 328 g/mol. The maximum atomic E-state index is 14.3. The van der Waals surface area contributed by atoms with Crippen molar-refractivity contribution in [2.45, 2.75) is 6.42 Å². The quantitative estimate of drug-likeness (QED) is 0.917. The third-order valence-corrected chi connectivity index (χ3v) is 4.48. The molecule has 3 rings (SSSR count). The predicted molar refractivity (Wildman–Crippen MR) is 92.2 cm³/mol. The van der Waals surface area contributed by atoms with Gasteiger partial charge in [-0.2, -0.15) is 0 Å². The van der Waals surface area contributed by atoms with Crippen molar-refractivity contribution in [3.63, 3.8) is 0 Å². The average molecular weight is 328 g/mol. The number of carbonyl (C=O) groups is 1. The van der Waals surface area contributed by atoms with Gasteiger partial charge >= 0.3 is 5.97 Å². The van der Waals surface area contributed by atoms with Crippen molar-refractivity contribution in [2.24, 2.45) is 0 Å². The Bertz CT molecular complexity index is 698. The number of rotatable bonds is 5. The first-order chi connectivity index (χ1) is 11.6. The summed E-state index contributed by atoms with van der Waals surface area (Å²) in [5, 5.41) is 9.04. The van der Waals surface area contributed by atoms with Gasteiger partial charge in [0.05, 0.1) is 11.3 Å². The van der Waals surface area contributed by atoms with E-state index in [1.165, 1.54) is 11.6 Å². The Hall–Kier alpha value is -2.40. The van der Waals surface area contributed by atoms with Gasteiger partial charge in [0.2, 0.25) is 0 Å². The van der Waals surface area contributed by atoms with Gasteiger partial charge in [0.25, 0.3) is 0 Å². The van der Waals surface area contributed by atoms with Gasteiger partial charge in [0.15, 0.2) is 5.82 Å². The van der Waals surface area contributed by atoms with Crippen LogP contribution in [0, 0.1) is 5.82 Å². The molecule has 5 heteroatoms. The Labute approximate surface area is 141 Å². The molecule has 1 fully saturated rings. The number of hydrogen-bond acceptors (Lipinski definition) is 3. The van der Waals surface area contributed by atoms with Crippen LogP contribution in [0.3, 0.4) is 0 Å². The fourth-order valence-corrected chi connectivity index (χ4v) is 3.07. The van der Waals surface area contributed by atoms with E-state index in [0.29, 0.717) is 18.8 Å². The molecule has 0 aliphatic carbocycles. The second kappa shape index (κ2) is 7.45. The van der Waals surface area contributed by atoms with Crippen molar-refractivity contribution < 1.29 is 14.3 Å². The molecule has 1 heterocycles. The summed E-state index contributed by atoms with van der Waals surface area (Å²) < 4.78 is 14.3. The summed E-state index contributed by atoms with van der Waals surface area (Å²) in [6.45, 7) is 4.09. The molecule has 4 nitrogen and oxygen atoms in total. The fourth-order valence-electron chi connectivity index (χ4n) is 3.07. The van der Waals surface area contributed by atoms with E-state index in [2.05, 4.69) is 17.0 Å². The fraction of sp³-hybridized carbons (Fsp3) is 0.316. The molecule has 2 aromatic carbocycles. The lowest BCUT2D eigenvalue weighted by Gasteiger charge is -2.36. The first-order valence-corrected chi connectivity index (χ1v) is 8.18. The van der Waals surface area contributed by atoms with Gasteiger partial charge in [-0.3, -0.25) is 4.90 Å². The minimum atomic E-state index is -1.23. The minimum Gasteiger partial charge on any atom is -0.478 e. The highest BCUT2D eigenvalue weighted by atomic mass is 19.1. The van der Waals surface area contributed by atoms with Gasteiger partial charge in [0, 0.05) is 32.7 Å². The third-order valence-electron chi connectivity index (χ3n) is 4.48. The molecule has 1 saturated heterocycles. The van der Waals surface area contributed by atoms with Crippen LogP contribution in [0.2, 0.25) is 0 Å². The topological polar surface area (TPSA) is 43.8 Å². The van der Waals surface area contributed by atoms with E-state index >= 15 is 0 Å². The smallest absolute Gasteiger partial charge is 0.338 e. The molecule has 1 aliphatic rings. The van der Waals surface area contributed by atoms with Crippen LogP contribution in [-0.4, -0.2) is 48.7 Å². The van der Waals surface area contributed by atoms with Crippen LogP contribution in [0.5, 0.6) is 0 Å². The first-order valence-electron chi connectivity index (χ1n) is 8.18. The molecule has 2 aromatic rings. The van der Waals surface area contributed by atoms with Crippen molar-refractivity contribution >= 4 is 11.7 Å². The number of hydrogen-bond donors (Lipinski definition) is 1. The Balaban J connectivity index is 1.57.